The third-order valence-corrected chi connectivity index (χ3v) is 3.56. The van der Waals surface area contributed by atoms with E-state index in [0.29, 0.717) is 10.8 Å². The van der Waals surface area contributed by atoms with Crippen LogP contribution in [0.5, 0.6) is 5.75 Å². The number of carboxylic acid groups (broad SMARTS) is 1. The van der Waals surface area contributed by atoms with Gasteiger partial charge in [-0.05, 0) is 55.3 Å². The lowest BCUT2D eigenvalue weighted by atomic mass is 10.1. The minimum absolute atomic E-state index is 0.0752. The minimum Gasteiger partial charge on any atom is -0.545 e. The van der Waals surface area contributed by atoms with Crippen LogP contribution in [-0.4, -0.2) is 18.5 Å². The summed E-state index contributed by atoms with van der Waals surface area (Å²) in [6, 6.07) is 9.52. The third kappa shape index (κ3) is 4.47. The lowest BCUT2D eigenvalue weighted by molar-refractivity contribution is -0.254. The number of aromatic carboxylic acids is 1. The second-order valence-corrected chi connectivity index (χ2v) is 5.50. The molecule has 0 aromatic heterocycles. The molecule has 5 nitrogen and oxygen atoms in total. The van der Waals surface area contributed by atoms with Gasteiger partial charge in [-0.2, -0.15) is 0 Å². The SMILES string of the molecule is Cc1ccc(OCC(=O)Nc2cc(Cl)ccc2C(=O)[O-])cc1C. The Morgan fingerprint density at radius 3 is 2.52 bits per heavy atom. The Balaban J connectivity index is 2.03. The van der Waals surface area contributed by atoms with E-state index in [1.807, 2.05) is 26.0 Å². The van der Waals surface area contributed by atoms with Crippen LogP contribution in [0, 0.1) is 13.8 Å². The summed E-state index contributed by atoms with van der Waals surface area (Å²) in [6.07, 6.45) is 0. The summed E-state index contributed by atoms with van der Waals surface area (Å²) in [5, 5.41) is 13.8. The number of rotatable bonds is 5. The monoisotopic (exact) mass is 332 g/mol. The molecule has 2 aromatic carbocycles. The van der Waals surface area contributed by atoms with Crippen molar-refractivity contribution in [2.24, 2.45) is 0 Å². The van der Waals surface area contributed by atoms with Crippen LogP contribution < -0.4 is 15.2 Å². The van der Waals surface area contributed by atoms with Gasteiger partial charge in [-0.15, -0.1) is 0 Å². The molecule has 0 saturated heterocycles. The van der Waals surface area contributed by atoms with E-state index in [0.717, 1.165) is 11.1 Å². The maximum Gasteiger partial charge on any atom is 0.262 e. The number of halogens is 1. The zero-order valence-corrected chi connectivity index (χ0v) is 13.4. The van der Waals surface area contributed by atoms with Crippen LogP contribution in [0.3, 0.4) is 0 Å². The molecular weight excluding hydrogens is 318 g/mol. The average Bonchev–Trinajstić information content (AvgIpc) is 2.48. The molecule has 0 unspecified atom stereocenters. The van der Waals surface area contributed by atoms with Gasteiger partial charge in [0.25, 0.3) is 5.91 Å². The van der Waals surface area contributed by atoms with Crippen molar-refractivity contribution in [3.8, 4) is 5.75 Å². The number of anilines is 1. The lowest BCUT2D eigenvalue weighted by Gasteiger charge is -2.13. The molecular formula is C17H15ClNO4-. The van der Waals surface area contributed by atoms with Gasteiger partial charge >= 0.3 is 0 Å². The maximum atomic E-state index is 11.9. The highest BCUT2D eigenvalue weighted by molar-refractivity contribution is 6.31. The molecule has 6 heteroatoms. The molecule has 0 aliphatic heterocycles. The van der Waals surface area contributed by atoms with Crippen LogP contribution in [0.1, 0.15) is 21.5 Å². The second-order valence-electron chi connectivity index (χ2n) is 5.06. The van der Waals surface area contributed by atoms with Gasteiger partial charge in [-0.25, -0.2) is 0 Å². The largest absolute Gasteiger partial charge is 0.545 e. The fraction of sp³-hybridized carbons (Fsp3) is 0.176. The molecule has 0 heterocycles. The van der Waals surface area contributed by atoms with E-state index in [4.69, 9.17) is 16.3 Å². The zero-order valence-electron chi connectivity index (χ0n) is 12.7. The standard InChI is InChI=1S/C17H16ClNO4/c1-10-3-5-13(7-11(10)2)23-9-16(20)19-15-8-12(18)4-6-14(15)17(21)22/h3-8H,9H2,1-2H3,(H,19,20)(H,21,22)/p-1. The third-order valence-electron chi connectivity index (χ3n) is 3.32. The molecule has 120 valence electrons. The molecule has 2 rings (SSSR count). The number of nitrogens with one attached hydrogen (secondary N) is 1. The molecule has 0 fully saturated rings. The highest BCUT2D eigenvalue weighted by atomic mass is 35.5. The number of carboxylic acids is 1. The van der Waals surface area contributed by atoms with E-state index >= 15 is 0 Å². The molecule has 2 aromatic rings. The van der Waals surface area contributed by atoms with Crippen molar-refractivity contribution in [1.82, 2.24) is 0 Å². The number of carbonyl (C=O) groups is 2. The van der Waals surface area contributed by atoms with Crippen molar-refractivity contribution in [3.63, 3.8) is 0 Å². The Morgan fingerprint density at radius 2 is 1.87 bits per heavy atom. The Morgan fingerprint density at radius 1 is 1.13 bits per heavy atom. The van der Waals surface area contributed by atoms with Gasteiger partial charge in [-0.3, -0.25) is 4.79 Å². The maximum absolute atomic E-state index is 11.9. The summed E-state index contributed by atoms with van der Waals surface area (Å²) in [6.45, 7) is 3.67. The molecule has 0 radical (unpaired) electrons. The van der Waals surface area contributed by atoms with Crippen molar-refractivity contribution in [1.29, 1.82) is 0 Å². The number of carbonyl (C=O) groups excluding carboxylic acids is 2. The van der Waals surface area contributed by atoms with Crippen LogP contribution in [0.15, 0.2) is 36.4 Å². The molecule has 0 atom stereocenters. The van der Waals surface area contributed by atoms with Crippen molar-refractivity contribution in [3.05, 3.63) is 58.1 Å². The van der Waals surface area contributed by atoms with Crippen LogP contribution in [0.4, 0.5) is 5.69 Å². The van der Waals surface area contributed by atoms with Crippen molar-refractivity contribution >= 4 is 29.2 Å². The first-order valence-electron chi connectivity index (χ1n) is 6.87. The van der Waals surface area contributed by atoms with E-state index < -0.39 is 11.9 Å². The molecule has 0 saturated carbocycles. The van der Waals surface area contributed by atoms with Crippen LogP contribution in [0.2, 0.25) is 5.02 Å². The van der Waals surface area contributed by atoms with E-state index in [2.05, 4.69) is 5.32 Å². The first-order chi connectivity index (χ1) is 10.9. The predicted molar refractivity (Wildman–Crippen MR) is 85.8 cm³/mol. The fourth-order valence-electron chi connectivity index (χ4n) is 1.94. The van der Waals surface area contributed by atoms with E-state index in [9.17, 15) is 14.7 Å². The zero-order chi connectivity index (χ0) is 17.0. The van der Waals surface area contributed by atoms with Gasteiger partial charge in [-0.1, -0.05) is 17.7 Å². The van der Waals surface area contributed by atoms with Crippen molar-refractivity contribution < 1.29 is 19.4 Å². The Labute approximate surface area is 138 Å². The quantitative estimate of drug-likeness (QED) is 0.911. The molecule has 23 heavy (non-hydrogen) atoms. The summed E-state index contributed by atoms with van der Waals surface area (Å²) in [5.74, 6) is -1.32. The van der Waals surface area contributed by atoms with E-state index in [1.165, 1.54) is 18.2 Å². The molecule has 0 bridgehead atoms. The molecule has 1 N–H and O–H groups in total. The summed E-state index contributed by atoms with van der Waals surface area (Å²) in [5.41, 5.74) is 2.11. The van der Waals surface area contributed by atoms with Gasteiger partial charge in [0, 0.05) is 10.6 Å². The number of aryl methyl sites for hydroxylation is 2. The number of hydrogen-bond acceptors (Lipinski definition) is 4. The summed E-state index contributed by atoms with van der Waals surface area (Å²) < 4.78 is 5.40. The number of hydrogen-bond donors (Lipinski definition) is 1. The molecule has 0 aliphatic carbocycles. The second kappa shape index (κ2) is 7.15. The molecule has 0 aliphatic rings. The Hall–Kier alpha value is -2.53. The van der Waals surface area contributed by atoms with Crippen molar-refractivity contribution in [2.45, 2.75) is 13.8 Å². The van der Waals surface area contributed by atoms with Gasteiger partial charge in [0.1, 0.15) is 5.75 Å². The summed E-state index contributed by atoms with van der Waals surface area (Å²) >= 11 is 5.81. The molecule has 0 spiro atoms. The number of amides is 1. The van der Waals surface area contributed by atoms with Gasteiger partial charge in [0.15, 0.2) is 6.61 Å². The van der Waals surface area contributed by atoms with Crippen LogP contribution >= 0.6 is 11.6 Å². The molecule has 1 amide bonds. The highest BCUT2D eigenvalue weighted by Gasteiger charge is 2.09. The predicted octanol–water partition coefficient (Wildman–Crippen LogP) is 2.34. The number of ether oxygens (including phenoxy) is 1. The van der Waals surface area contributed by atoms with E-state index in [-0.39, 0.29) is 17.9 Å². The van der Waals surface area contributed by atoms with Gasteiger partial charge < -0.3 is 20.0 Å². The summed E-state index contributed by atoms with van der Waals surface area (Å²) in [7, 11) is 0. The van der Waals surface area contributed by atoms with Crippen LogP contribution in [-0.2, 0) is 4.79 Å². The topological polar surface area (TPSA) is 78.5 Å². The fourth-order valence-corrected chi connectivity index (χ4v) is 2.11. The average molecular weight is 333 g/mol. The first-order valence-corrected chi connectivity index (χ1v) is 7.25. The lowest BCUT2D eigenvalue weighted by Crippen LogP contribution is -2.26. The highest BCUT2D eigenvalue weighted by Crippen LogP contribution is 2.21. The van der Waals surface area contributed by atoms with Gasteiger partial charge in [0.05, 0.1) is 11.7 Å². The number of benzene rings is 2. The normalized spacial score (nSPS) is 10.2. The van der Waals surface area contributed by atoms with Gasteiger partial charge in [0.2, 0.25) is 0 Å². The van der Waals surface area contributed by atoms with Crippen LogP contribution in [0.25, 0.3) is 0 Å². The Bertz CT molecular complexity index is 758. The van der Waals surface area contributed by atoms with Crippen molar-refractivity contribution in [2.75, 3.05) is 11.9 Å². The first kappa shape index (κ1) is 16.8. The summed E-state index contributed by atoms with van der Waals surface area (Å²) in [4.78, 5) is 23.0. The minimum atomic E-state index is -1.40. The smallest absolute Gasteiger partial charge is 0.262 e. The van der Waals surface area contributed by atoms with E-state index in [1.54, 1.807) is 6.07 Å². The Kier molecular flexibility index (Phi) is 5.24.